The first-order valence-electron chi connectivity index (χ1n) is 10.7. The summed E-state index contributed by atoms with van der Waals surface area (Å²) in [5.74, 6) is 0.585. The van der Waals surface area contributed by atoms with Gasteiger partial charge in [0.1, 0.15) is 5.82 Å². The van der Waals surface area contributed by atoms with Gasteiger partial charge in [0, 0.05) is 19.1 Å². The van der Waals surface area contributed by atoms with Gasteiger partial charge in [0.05, 0.1) is 0 Å². The Labute approximate surface area is 170 Å². The lowest BCUT2D eigenvalue weighted by Crippen LogP contribution is -2.43. The number of piperidine rings is 1. The number of halogens is 1. The number of likely N-dealkylation sites (tertiary alicyclic amines) is 1. The van der Waals surface area contributed by atoms with Crippen LogP contribution in [-0.4, -0.2) is 36.0 Å². The number of hydrogen-bond acceptors (Lipinski definition) is 2. The van der Waals surface area contributed by atoms with E-state index in [1.54, 1.807) is 12.1 Å². The fourth-order valence-electron chi connectivity index (χ4n) is 4.00. The van der Waals surface area contributed by atoms with Crippen molar-refractivity contribution in [3.8, 4) is 0 Å². The summed E-state index contributed by atoms with van der Waals surface area (Å²) in [6, 6.07) is 16.8. The molecule has 1 saturated heterocycles. The largest absolute Gasteiger partial charge is 0.306 e. The Hall–Kier alpha value is -1.71. The molecule has 0 aliphatic carbocycles. The van der Waals surface area contributed by atoms with Crippen LogP contribution in [0, 0.1) is 11.7 Å². The Bertz CT molecular complexity index is 700. The van der Waals surface area contributed by atoms with E-state index >= 15 is 0 Å². The van der Waals surface area contributed by atoms with Crippen LogP contribution in [0.2, 0.25) is 0 Å². The van der Waals surface area contributed by atoms with E-state index in [1.807, 2.05) is 12.1 Å². The van der Waals surface area contributed by atoms with E-state index in [2.05, 4.69) is 55.0 Å². The number of rotatable bonds is 8. The lowest BCUT2D eigenvalue weighted by atomic mass is 10.00. The molecule has 0 N–H and O–H groups in total. The molecule has 0 radical (unpaired) electrons. The summed E-state index contributed by atoms with van der Waals surface area (Å²) in [6.07, 6.45) is 4.80. The molecule has 0 aromatic heterocycles. The van der Waals surface area contributed by atoms with Crippen LogP contribution in [0.1, 0.15) is 49.8 Å². The molecule has 152 valence electrons. The summed E-state index contributed by atoms with van der Waals surface area (Å²) >= 11 is 0. The molecule has 1 heterocycles. The van der Waals surface area contributed by atoms with Crippen LogP contribution in [0.15, 0.2) is 48.5 Å². The zero-order valence-electron chi connectivity index (χ0n) is 17.7. The summed E-state index contributed by atoms with van der Waals surface area (Å²) in [7, 11) is 2.20. The molecule has 3 rings (SSSR count). The first-order chi connectivity index (χ1) is 13.5. The number of nitrogens with zero attached hydrogens (tertiary/aromatic N) is 2. The van der Waals surface area contributed by atoms with Crippen molar-refractivity contribution in [2.24, 2.45) is 5.92 Å². The van der Waals surface area contributed by atoms with Crippen LogP contribution >= 0.6 is 0 Å². The van der Waals surface area contributed by atoms with Crippen molar-refractivity contribution in [3.63, 3.8) is 0 Å². The molecule has 0 unspecified atom stereocenters. The molecule has 1 aliphatic heterocycles. The quantitative estimate of drug-likeness (QED) is 0.594. The number of benzene rings is 2. The highest BCUT2D eigenvalue weighted by atomic mass is 19.1. The predicted octanol–water partition coefficient (Wildman–Crippen LogP) is 5.51. The molecule has 0 saturated carbocycles. The van der Waals surface area contributed by atoms with E-state index in [0.29, 0.717) is 6.04 Å². The van der Waals surface area contributed by atoms with Crippen LogP contribution < -0.4 is 0 Å². The third-order valence-corrected chi connectivity index (χ3v) is 5.92. The van der Waals surface area contributed by atoms with Crippen LogP contribution in [0.4, 0.5) is 4.39 Å². The Kier molecular flexibility index (Phi) is 7.64. The van der Waals surface area contributed by atoms with E-state index < -0.39 is 0 Å². The van der Waals surface area contributed by atoms with Gasteiger partial charge in [0.2, 0.25) is 0 Å². The first kappa shape index (κ1) is 21.0. The van der Waals surface area contributed by atoms with E-state index in [1.165, 1.54) is 36.0 Å². The molecule has 0 bridgehead atoms. The van der Waals surface area contributed by atoms with Crippen LogP contribution in [-0.2, 0) is 19.5 Å². The maximum Gasteiger partial charge on any atom is 0.123 e. The smallest absolute Gasteiger partial charge is 0.123 e. The van der Waals surface area contributed by atoms with Crippen molar-refractivity contribution in [3.05, 3.63) is 71.0 Å². The molecular weight excluding hydrogens is 347 g/mol. The van der Waals surface area contributed by atoms with Crippen molar-refractivity contribution >= 4 is 0 Å². The summed E-state index contributed by atoms with van der Waals surface area (Å²) < 4.78 is 13.3. The fourth-order valence-corrected chi connectivity index (χ4v) is 4.00. The van der Waals surface area contributed by atoms with Crippen molar-refractivity contribution < 1.29 is 4.39 Å². The van der Waals surface area contributed by atoms with Crippen LogP contribution in [0.25, 0.3) is 0 Å². The standard InChI is InChI=1S/C25H35FN2/c1-20(2)4-5-21-6-8-22(9-7-21)18-28(25-14-16-27(3)17-15-25)19-23-10-12-24(26)13-11-23/h6-13,20,25H,4-5,14-19H2,1-3H3. The van der Waals surface area contributed by atoms with E-state index in [9.17, 15) is 4.39 Å². The molecule has 1 fully saturated rings. The third-order valence-electron chi connectivity index (χ3n) is 5.92. The molecule has 3 heteroatoms. The molecule has 1 aliphatic rings. The van der Waals surface area contributed by atoms with Crippen molar-refractivity contribution in [1.29, 1.82) is 0 Å². The van der Waals surface area contributed by atoms with Crippen LogP contribution in [0.5, 0.6) is 0 Å². The summed E-state index contributed by atoms with van der Waals surface area (Å²) in [5.41, 5.74) is 3.99. The van der Waals surface area contributed by atoms with Crippen LogP contribution in [0.3, 0.4) is 0 Å². The molecule has 0 spiro atoms. The van der Waals surface area contributed by atoms with Gasteiger partial charge in [-0.2, -0.15) is 0 Å². The number of aryl methyl sites for hydroxylation is 1. The molecule has 0 atom stereocenters. The van der Waals surface area contributed by atoms with Gasteiger partial charge in [-0.3, -0.25) is 4.90 Å². The molecule has 0 amide bonds. The summed E-state index contributed by atoms with van der Waals surface area (Å²) in [5, 5.41) is 0. The van der Waals surface area contributed by atoms with Gasteiger partial charge < -0.3 is 4.90 Å². The normalized spacial score (nSPS) is 16.2. The maximum atomic E-state index is 13.3. The summed E-state index contributed by atoms with van der Waals surface area (Å²) in [6.45, 7) is 8.70. The van der Waals surface area contributed by atoms with E-state index in [0.717, 1.165) is 38.5 Å². The monoisotopic (exact) mass is 382 g/mol. The second-order valence-corrected chi connectivity index (χ2v) is 8.81. The average molecular weight is 383 g/mol. The highest BCUT2D eigenvalue weighted by Gasteiger charge is 2.23. The van der Waals surface area contributed by atoms with Gasteiger partial charge in [-0.25, -0.2) is 4.39 Å². The Morgan fingerprint density at radius 3 is 1.93 bits per heavy atom. The van der Waals surface area contributed by atoms with E-state index in [-0.39, 0.29) is 5.82 Å². The Balaban J connectivity index is 1.68. The lowest BCUT2D eigenvalue weighted by molar-refractivity contribution is 0.108. The van der Waals surface area contributed by atoms with E-state index in [4.69, 9.17) is 0 Å². The zero-order valence-corrected chi connectivity index (χ0v) is 17.7. The highest BCUT2D eigenvalue weighted by Crippen LogP contribution is 2.22. The van der Waals surface area contributed by atoms with Gasteiger partial charge in [-0.05, 0) is 80.6 Å². The minimum absolute atomic E-state index is 0.161. The lowest BCUT2D eigenvalue weighted by Gasteiger charge is -2.37. The molecule has 2 nitrogen and oxygen atoms in total. The SMILES string of the molecule is CC(C)CCc1ccc(CN(Cc2ccc(F)cc2)C2CCN(C)CC2)cc1. The highest BCUT2D eigenvalue weighted by molar-refractivity contribution is 5.23. The van der Waals surface area contributed by atoms with Gasteiger partial charge in [0.15, 0.2) is 0 Å². The van der Waals surface area contributed by atoms with Crippen molar-refractivity contribution in [1.82, 2.24) is 9.80 Å². The Morgan fingerprint density at radius 1 is 0.893 bits per heavy atom. The van der Waals surface area contributed by atoms with Gasteiger partial charge in [-0.1, -0.05) is 50.2 Å². The van der Waals surface area contributed by atoms with Crippen molar-refractivity contribution in [2.75, 3.05) is 20.1 Å². The molecular formula is C25H35FN2. The molecule has 2 aromatic rings. The minimum atomic E-state index is -0.161. The van der Waals surface area contributed by atoms with Gasteiger partial charge >= 0.3 is 0 Å². The average Bonchev–Trinajstić information content (AvgIpc) is 2.69. The Morgan fingerprint density at radius 2 is 1.39 bits per heavy atom. The number of hydrogen-bond donors (Lipinski definition) is 0. The maximum absolute atomic E-state index is 13.3. The first-order valence-corrected chi connectivity index (χ1v) is 10.7. The second kappa shape index (κ2) is 10.2. The molecule has 28 heavy (non-hydrogen) atoms. The van der Waals surface area contributed by atoms with Gasteiger partial charge in [-0.15, -0.1) is 0 Å². The molecule has 2 aromatic carbocycles. The third kappa shape index (κ3) is 6.42. The zero-order chi connectivity index (χ0) is 19.9. The van der Waals surface area contributed by atoms with Gasteiger partial charge in [0.25, 0.3) is 0 Å². The predicted molar refractivity (Wildman–Crippen MR) is 116 cm³/mol. The minimum Gasteiger partial charge on any atom is -0.306 e. The van der Waals surface area contributed by atoms with Crippen molar-refractivity contribution in [2.45, 2.75) is 58.7 Å². The summed E-state index contributed by atoms with van der Waals surface area (Å²) in [4.78, 5) is 5.00. The fraction of sp³-hybridized carbons (Fsp3) is 0.520. The topological polar surface area (TPSA) is 6.48 Å². The second-order valence-electron chi connectivity index (χ2n) is 8.81.